The summed E-state index contributed by atoms with van der Waals surface area (Å²) in [6, 6.07) is 0. The van der Waals surface area contributed by atoms with E-state index in [2.05, 4.69) is 136 Å². The van der Waals surface area contributed by atoms with Gasteiger partial charge < -0.3 is 14.2 Å². The summed E-state index contributed by atoms with van der Waals surface area (Å²) in [6.07, 6.45) is 75.2. The van der Waals surface area contributed by atoms with Crippen LogP contribution in [0.5, 0.6) is 0 Å². The molecule has 0 rings (SSSR count). The van der Waals surface area contributed by atoms with Gasteiger partial charge in [-0.25, -0.2) is 0 Å². The van der Waals surface area contributed by atoms with Crippen LogP contribution < -0.4 is 0 Å². The Labute approximate surface area is 395 Å². The first-order valence-corrected chi connectivity index (χ1v) is 26.1. The van der Waals surface area contributed by atoms with E-state index in [1.54, 1.807) is 0 Å². The summed E-state index contributed by atoms with van der Waals surface area (Å²) in [6.45, 7) is 7.37. The van der Waals surface area contributed by atoms with Crippen molar-refractivity contribution in [2.24, 2.45) is 0 Å². The van der Waals surface area contributed by atoms with Crippen molar-refractivity contribution in [3.8, 4) is 0 Å². The van der Waals surface area contributed by atoms with Crippen LogP contribution in [0.1, 0.15) is 213 Å². The summed E-state index contributed by atoms with van der Waals surface area (Å²) in [7, 11) is 0. The molecule has 0 saturated carbocycles. The van der Waals surface area contributed by atoms with Gasteiger partial charge in [-0.05, 0) is 89.9 Å². The van der Waals surface area contributed by atoms with Crippen LogP contribution in [0, 0.1) is 0 Å². The van der Waals surface area contributed by atoms with Crippen molar-refractivity contribution in [2.75, 3.05) is 19.8 Å². The fourth-order valence-corrected chi connectivity index (χ4v) is 6.72. The molecule has 0 N–H and O–H groups in total. The van der Waals surface area contributed by atoms with Gasteiger partial charge in [0, 0.05) is 19.4 Å². The fraction of sp³-hybridized carbons (Fsp3) is 0.627. The molecule has 0 radical (unpaired) electrons. The monoisotopic (exact) mass is 885 g/mol. The zero-order valence-corrected chi connectivity index (χ0v) is 41.5. The molecule has 362 valence electrons. The molecule has 5 nitrogen and oxygen atoms in total. The van der Waals surface area contributed by atoms with Gasteiger partial charge in [0.25, 0.3) is 0 Å². The third-order valence-corrected chi connectivity index (χ3v) is 10.5. The number of ether oxygens (including phenoxy) is 3. The Bertz CT molecular complexity index is 1320. The summed E-state index contributed by atoms with van der Waals surface area (Å²) < 4.78 is 17.3. The Balaban J connectivity index is 4.45. The first-order valence-electron chi connectivity index (χ1n) is 26.1. The van der Waals surface area contributed by atoms with Gasteiger partial charge in [0.1, 0.15) is 6.61 Å². The highest BCUT2D eigenvalue weighted by Gasteiger charge is 2.17. The maximum atomic E-state index is 12.7. The van der Waals surface area contributed by atoms with Crippen LogP contribution in [0.4, 0.5) is 0 Å². The van der Waals surface area contributed by atoms with Crippen molar-refractivity contribution in [3.63, 3.8) is 0 Å². The summed E-state index contributed by atoms with van der Waals surface area (Å²) in [4.78, 5) is 25.4. The summed E-state index contributed by atoms with van der Waals surface area (Å²) in [5.74, 6) is -0.527. The van der Waals surface area contributed by atoms with Crippen molar-refractivity contribution in [2.45, 2.75) is 219 Å². The molecule has 0 spiro atoms. The Hall–Kier alpha value is -3.70. The van der Waals surface area contributed by atoms with E-state index in [4.69, 9.17) is 14.2 Å². The van der Waals surface area contributed by atoms with Crippen molar-refractivity contribution < 1.29 is 23.8 Å². The average Bonchev–Trinajstić information content (AvgIpc) is 3.30. The number of esters is 2. The number of rotatable bonds is 46. The molecule has 1 unspecified atom stereocenters. The minimum atomic E-state index is -0.610. The van der Waals surface area contributed by atoms with Crippen LogP contribution in [0.25, 0.3) is 0 Å². The maximum Gasteiger partial charge on any atom is 0.306 e. The third kappa shape index (κ3) is 50.9. The average molecular weight is 885 g/mol. The first kappa shape index (κ1) is 60.3. The quantitative estimate of drug-likeness (QED) is 0.0346. The van der Waals surface area contributed by atoms with Crippen LogP contribution in [-0.2, 0) is 23.8 Å². The number of hydrogen-bond donors (Lipinski definition) is 0. The molecule has 0 aromatic rings. The van der Waals surface area contributed by atoms with Gasteiger partial charge in [-0.2, -0.15) is 0 Å². The fourth-order valence-electron chi connectivity index (χ4n) is 6.72. The van der Waals surface area contributed by atoms with Gasteiger partial charge in [0.15, 0.2) is 6.10 Å². The molecule has 0 aliphatic carbocycles. The predicted molar refractivity (Wildman–Crippen MR) is 279 cm³/mol. The van der Waals surface area contributed by atoms with E-state index >= 15 is 0 Å². The van der Waals surface area contributed by atoms with E-state index in [1.165, 1.54) is 77.0 Å². The van der Waals surface area contributed by atoms with Gasteiger partial charge in [0.05, 0.1) is 6.61 Å². The molecule has 0 aromatic carbocycles. The topological polar surface area (TPSA) is 61.8 Å². The van der Waals surface area contributed by atoms with E-state index in [1.807, 2.05) is 6.08 Å². The van der Waals surface area contributed by atoms with E-state index in [9.17, 15) is 9.59 Å². The Morgan fingerprint density at radius 2 is 0.719 bits per heavy atom. The largest absolute Gasteiger partial charge is 0.462 e. The summed E-state index contributed by atoms with van der Waals surface area (Å²) in [5, 5.41) is 0. The van der Waals surface area contributed by atoms with Gasteiger partial charge in [0.2, 0.25) is 0 Å². The normalized spacial score (nSPS) is 13.2. The summed E-state index contributed by atoms with van der Waals surface area (Å²) in [5.41, 5.74) is 0. The first-order chi connectivity index (χ1) is 31.6. The minimum absolute atomic E-state index is 0.0282. The molecule has 1 atom stereocenters. The van der Waals surface area contributed by atoms with Gasteiger partial charge in [-0.15, -0.1) is 0 Å². The van der Waals surface area contributed by atoms with Crippen LogP contribution in [0.15, 0.2) is 122 Å². The van der Waals surface area contributed by atoms with Crippen LogP contribution in [0.2, 0.25) is 0 Å². The van der Waals surface area contributed by atoms with Crippen molar-refractivity contribution in [1.29, 1.82) is 0 Å². The zero-order valence-electron chi connectivity index (χ0n) is 41.5. The molecule has 0 fully saturated rings. The highest BCUT2D eigenvalue weighted by molar-refractivity contribution is 5.70. The molecule has 0 saturated heterocycles. The number of carbonyl (C=O) groups excluding carboxylic acids is 2. The number of allylic oxidation sites excluding steroid dienone is 20. The second kappa shape index (κ2) is 53.6. The maximum absolute atomic E-state index is 12.7. The molecule has 0 aromatic heterocycles. The smallest absolute Gasteiger partial charge is 0.306 e. The zero-order chi connectivity index (χ0) is 46.3. The van der Waals surface area contributed by atoms with Crippen LogP contribution >= 0.6 is 0 Å². The molecule has 64 heavy (non-hydrogen) atoms. The molecule has 0 heterocycles. The molecule has 0 aliphatic heterocycles. The second-order valence-electron chi connectivity index (χ2n) is 16.7. The predicted octanol–water partition coefficient (Wildman–Crippen LogP) is 17.8. The molecule has 0 amide bonds. The number of hydrogen-bond acceptors (Lipinski definition) is 5. The van der Waals surface area contributed by atoms with Crippen LogP contribution in [-0.4, -0.2) is 37.9 Å². The van der Waals surface area contributed by atoms with E-state index < -0.39 is 6.10 Å². The molecule has 0 bridgehead atoms. The van der Waals surface area contributed by atoms with Crippen molar-refractivity contribution in [1.82, 2.24) is 0 Å². The lowest BCUT2D eigenvalue weighted by atomic mass is 10.0. The molecular weight excluding hydrogens is 789 g/mol. The lowest BCUT2D eigenvalue weighted by Gasteiger charge is -2.18. The third-order valence-electron chi connectivity index (χ3n) is 10.5. The Morgan fingerprint density at radius 3 is 1.12 bits per heavy atom. The number of carbonyl (C=O) groups is 2. The van der Waals surface area contributed by atoms with Crippen LogP contribution in [0.3, 0.4) is 0 Å². The highest BCUT2D eigenvalue weighted by Crippen LogP contribution is 2.14. The highest BCUT2D eigenvalue weighted by atomic mass is 16.6. The molecular formula is C59H96O5. The van der Waals surface area contributed by atoms with Gasteiger partial charge >= 0.3 is 11.9 Å². The summed E-state index contributed by atoms with van der Waals surface area (Å²) >= 11 is 0. The van der Waals surface area contributed by atoms with E-state index in [0.29, 0.717) is 19.4 Å². The SMILES string of the molecule is CC/C=C\C/C=C\C/C=C\C/C=C\C/C=C\C/C=C\CCCOCC(COC(=O)CCCCCCCCCCCCCCCCC)OC(=O)CC/C=C\C/C=C\C/C=C\C/C=C\CC. The van der Waals surface area contributed by atoms with Crippen molar-refractivity contribution >= 4 is 11.9 Å². The van der Waals surface area contributed by atoms with Gasteiger partial charge in [-0.3, -0.25) is 9.59 Å². The van der Waals surface area contributed by atoms with Gasteiger partial charge in [-0.1, -0.05) is 232 Å². The Kier molecular flexibility index (Phi) is 50.5. The minimum Gasteiger partial charge on any atom is -0.462 e. The lowest BCUT2D eigenvalue weighted by Crippen LogP contribution is -2.30. The molecule has 0 aliphatic rings. The molecule has 5 heteroatoms. The van der Waals surface area contributed by atoms with E-state index in [0.717, 1.165) is 96.3 Å². The Morgan fingerprint density at radius 1 is 0.359 bits per heavy atom. The van der Waals surface area contributed by atoms with E-state index in [-0.39, 0.29) is 31.6 Å². The lowest BCUT2D eigenvalue weighted by molar-refractivity contribution is -0.162. The second-order valence-corrected chi connectivity index (χ2v) is 16.7. The van der Waals surface area contributed by atoms with Crippen molar-refractivity contribution in [3.05, 3.63) is 122 Å². The number of unbranched alkanes of at least 4 members (excludes halogenated alkanes) is 15. The standard InChI is InChI=1S/C59H96O5/c1-4-7-10-13-16-19-22-25-27-28-29-30-31-33-36-39-42-45-48-51-54-62-55-57(64-59(61)53-50-47-44-41-38-34-24-21-18-15-12-9-6-3)56-63-58(60)52-49-46-43-40-37-35-32-26-23-20-17-14-11-8-5-2/h7,9-10,12,16,18-19,21,25,27,29-30,33-34,36,38,42,44-45,47,57H,4-6,8,11,13-15,17,20,22-24,26,28,31-32,35,37,39-41,43,46,48-56H2,1-3H3/b10-7-,12-9-,19-16-,21-18-,27-25-,30-29-,36-33-,38-34-,45-42-,47-44-.